The van der Waals surface area contributed by atoms with Gasteiger partial charge in [0.2, 0.25) is 0 Å². The number of aliphatic carboxylic acids is 1. The van der Waals surface area contributed by atoms with Gasteiger partial charge in [-0.3, -0.25) is 4.79 Å². The standard InChI is InChI=1S/C16H23NO3/c1-17-11-9-16(10-12-17,15(18)19)8-7-13-3-5-14(20-2)6-4-13/h3-6H,7-12H2,1-2H3,(H,18,19). The molecule has 1 saturated heterocycles. The molecule has 0 unspecified atom stereocenters. The number of rotatable bonds is 5. The van der Waals surface area contributed by atoms with E-state index >= 15 is 0 Å². The van der Waals surface area contributed by atoms with Crippen molar-refractivity contribution in [3.8, 4) is 5.75 Å². The smallest absolute Gasteiger partial charge is 0.309 e. The summed E-state index contributed by atoms with van der Waals surface area (Å²) in [6.07, 6.45) is 3.01. The molecule has 0 spiro atoms. The zero-order valence-corrected chi connectivity index (χ0v) is 12.3. The van der Waals surface area contributed by atoms with E-state index in [9.17, 15) is 9.90 Å². The predicted molar refractivity (Wildman–Crippen MR) is 78.1 cm³/mol. The van der Waals surface area contributed by atoms with Crippen LogP contribution in [0.3, 0.4) is 0 Å². The van der Waals surface area contributed by atoms with E-state index in [0.717, 1.165) is 38.1 Å². The fourth-order valence-electron chi connectivity index (χ4n) is 2.79. The number of nitrogens with zero attached hydrogens (tertiary/aromatic N) is 1. The minimum Gasteiger partial charge on any atom is -0.497 e. The number of carbonyl (C=O) groups is 1. The third-order valence-electron chi connectivity index (χ3n) is 4.45. The van der Waals surface area contributed by atoms with Crippen LogP contribution < -0.4 is 4.74 Å². The van der Waals surface area contributed by atoms with Crippen LogP contribution in [0.4, 0.5) is 0 Å². The second kappa shape index (κ2) is 6.27. The second-order valence-corrected chi connectivity index (χ2v) is 5.74. The van der Waals surface area contributed by atoms with Gasteiger partial charge >= 0.3 is 5.97 Å². The summed E-state index contributed by atoms with van der Waals surface area (Å²) in [7, 11) is 3.70. The minimum atomic E-state index is -0.640. The highest BCUT2D eigenvalue weighted by Gasteiger charge is 2.40. The molecule has 1 fully saturated rings. The Bertz CT molecular complexity index is 447. The monoisotopic (exact) mass is 277 g/mol. The van der Waals surface area contributed by atoms with Gasteiger partial charge in [0, 0.05) is 0 Å². The molecule has 0 amide bonds. The molecule has 1 heterocycles. The molecule has 0 bridgehead atoms. The van der Waals surface area contributed by atoms with Crippen LogP contribution >= 0.6 is 0 Å². The van der Waals surface area contributed by atoms with Gasteiger partial charge in [-0.25, -0.2) is 0 Å². The first-order valence-electron chi connectivity index (χ1n) is 7.11. The van der Waals surface area contributed by atoms with Crippen molar-refractivity contribution >= 4 is 5.97 Å². The first kappa shape index (κ1) is 14.9. The van der Waals surface area contributed by atoms with Crippen LogP contribution in [0.15, 0.2) is 24.3 Å². The van der Waals surface area contributed by atoms with E-state index in [2.05, 4.69) is 11.9 Å². The average molecular weight is 277 g/mol. The van der Waals surface area contributed by atoms with Crippen LogP contribution in [-0.2, 0) is 11.2 Å². The van der Waals surface area contributed by atoms with E-state index in [1.165, 1.54) is 5.56 Å². The first-order chi connectivity index (χ1) is 9.55. The van der Waals surface area contributed by atoms with Gasteiger partial charge in [-0.05, 0) is 63.5 Å². The summed E-state index contributed by atoms with van der Waals surface area (Å²) in [5.74, 6) is 0.195. The maximum Gasteiger partial charge on any atom is 0.309 e. The molecule has 4 nitrogen and oxygen atoms in total. The molecule has 110 valence electrons. The summed E-state index contributed by atoms with van der Waals surface area (Å²) in [4.78, 5) is 13.9. The molecule has 0 atom stereocenters. The zero-order valence-electron chi connectivity index (χ0n) is 12.3. The highest BCUT2D eigenvalue weighted by Crippen LogP contribution is 2.36. The molecule has 1 N–H and O–H groups in total. The number of benzene rings is 1. The minimum absolute atomic E-state index is 0.549. The Kier molecular flexibility index (Phi) is 4.65. The highest BCUT2D eigenvalue weighted by atomic mass is 16.5. The van der Waals surface area contributed by atoms with E-state index in [1.807, 2.05) is 24.3 Å². The van der Waals surface area contributed by atoms with Crippen molar-refractivity contribution in [2.75, 3.05) is 27.2 Å². The average Bonchev–Trinajstić information content (AvgIpc) is 2.47. The SMILES string of the molecule is COc1ccc(CCC2(C(=O)O)CCN(C)CC2)cc1. The molecule has 1 aromatic carbocycles. The summed E-state index contributed by atoms with van der Waals surface area (Å²) in [6.45, 7) is 1.74. The van der Waals surface area contributed by atoms with Crippen molar-refractivity contribution < 1.29 is 14.6 Å². The Labute approximate surface area is 120 Å². The molecular weight excluding hydrogens is 254 g/mol. The summed E-state index contributed by atoms with van der Waals surface area (Å²) in [5, 5.41) is 9.60. The molecule has 0 saturated carbocycles. The lowest BCUT2D eigenvalue weighted by Crippen LogP contribution is -2.43. The number of likely N-dealkylation sites (tertiary alicyclic amines) is 1. The van der Waals surface area contributed by atoms with Gasteiger partial charge in [0.15, 0.2) is 0 Å². The summed E-state index contributed by atoms with van der Waals surface area (Å²) >= 11 is 0. The van der Waals surface area contributed by atoms with E-state index in [0.29, 0.717) is 6.42 Å². The Morgan fingerprint density at radius 1 is 1.30 bits per heavy atom. The molecule has 20 heavy (non-hydrogen) atoms. The van der Waals surface area contributed by atoms with Crippen molar-refractivity contribution in [3.05, 3.63) is 29.8 Å². The lowest BCUT2D eigenvalue weighted by Gasteiger charge is -2.37. The van der Waals surface area contributed by atoms with Crippen LogP contribution in [0.25, 0.3) is 0 Å². The van der Waals surface area contributed by atoms with Crippen LogP contribution in [0.2, 0.25) is 0 Å². The number of piperidine rings is 1. The Morgan fingerprint density at radius 3 is 2.40 bits per heavy atom. The van der Waals surface area contributed by atoms with E-state index < -0.39 is 11.4 Å². The number of aryl methyl sites for hydroxylation is 1. The number of methoxy groups -OCH3 is 1. The van der Waals surface area contributed by atoms with Gasteiger partial charge in [0.1, 0.15) is 5.75 Å². The Hall–Kier alpha value is -1.55. The zero-order chi connectivity index (χ0) is 14.6. The first-order valence-corrected chi connectivity index (χ1v) is 7.11. The normalized spacial score (nSPS) is 18.7. The molecule has 1 aliphatic rings. The van der Waals surface area contributed by atoms with Crippen LogP contribution in [0.1, 0.15) is 24.8 Å². The quantitative estimate of drug-likeness (QED) is 0.898. The molecule has 0 radical (unpaired) electrons. The number of carboxylic acids is 1. The lowest BCUT2D eigenvalue weighted by molar-refractivity contribution is -0.152. The van der Waals surface area contributed by atoms with Gasteiger partial charge in [-0.1, -0.05) is 12.1 Å². The highest BCUT2D eigenvalue weighted by molar-refractivity contribution is 5.74. The molecular formula is C16H23NO3. The van der Waals surface area contributed by atoms with Crippen molar-refractivity contribution in [1.29, 1.82) is 0 Å². The second-order valence-electron chi connectivity index (χ2n) is 5.74. The van der Waals surface area contributed by atoms with Gasteiger partial charge in [0.25, 0.3) is 0 Å². The summed E-state index contributed by atoms with van der Waals surface area (Å²) < 4.78 is 5.13. The topological polar surface area (TPSA) is 49.8 Å². The van der Waals surface area contributed by atoms with Gasteiger partial charge in [-0.2, -0.15) is 0 Å². The van der Waals surface area contributed by atoms with Crippen LogP contribution in [-0.4, -0.2) is 43.2 Å². The Morgan fingerprint density at radius 2 is 1.90 bits per heavy atom. The third kappa shape index (κ3) is 3.31. The van der Waals surface area contributed by atoms with Crippen molar-refractivity contribution in [1.82, 2.24) is 4.90 Å². The summed E-state index contributed by atoms with van der Waals surface area (Å²) in [5.41, 5.74) is 0.622. The molecule has 1 aromatic rings. The number of hydrogen-bond acceptors (Lipinski definition) is 3. The number of hydrogen-bond donors (Lipinski definition) is 1. The fraction of sp³-hybridized carbons (Fsp3) is 0.562. The van der Waals surface area contributed by atoms with Gasteiger partial charge in [-0.15, -0.1) is 0 Å². The van der Waals surface area contributed by atoms with Gasteiger partial charge < -0.3 is 14.7 Å². The van der Waals surface area contributed by atoms with Crippen molar-refractivity contribution in [3.63, 3.8) is 0 Å². The van der Waals surface area contributed by atoms with Crippen LogP contribution in [0, 0.1) is 5.41 Å². The number of ether oxygens (including phenoxy) is 1. The van der Waals surface area contributed by atoms with E-state index in [-0.39, 0.29) is 0 Å². The molecule has 1 aliphatic heterocycles. The van der Waals surface area contributed by atoms with E-state index in [1.54, 1.807) is 7.11 Å². The third-order valence-corrected chi connectivity index (χ3v) is 4.45. The molecule has 2 rings (SSSR count). The Balaban J connectivity index is 2.00. The fourth-order valence-corrected chi connectivity index (χ4v) is 2.79. The summed E-state index contributed by atoms with van der Waals surface area (Å²) in [6, 6.07) is 7.89. The maximum absolute atomic E-state index is 11.7. The van der Waals surface area contributed by atoms with Crippen molar-refractivity contribution in [2.24, 2.45) is 5.41 Å². The maximum atomic E-state index is 11.7. The molecule has 0 aromatic heterocycles. The molecule has 0 aliphatic carbocycles. The number of carboxylic acid groups (broad SMARTS) is 1. The lowest BCUT2D eigenvalue weighted by atomic mass is 9.74. The van der Waals surface area contributed by atoms with E-state index in [4.69, 9.17) is 4.74 Å². The van der Waals surface area contributed by atoms with Crippen molar-refractivity contribution in [2.45, 2.75) is 25.7 Å². The van der Waals surface area contributed by atoms with Gasteiger partial charge in [0.05, 0.1) is 12.5 Å². The largest absolute Gasteiger partial charge is 0.497 e. The van der Waals surface area contributed by atoms with Crippen LogP contribution in [0.5, 0.6) is 5.75 Å². The molecule has 4 heteroatoms. The predicted octanol–water partition coefficient (Wildman–Crippen LogP) is 2.42.